The first-order valence-corrected chi connectivity index (χ1v) is 5.78. The molecule has 2 rings (SSSR count). The molecule has 0 bridgehead atoms. The van der Waals surface area contributed by atoms with E-state index in [9.17, 15) is 4.79 Å². The highest BCUT2D eigenvalue weighted by molar-refractivity contribution is 5.92. The number of esters is 1. The van der Waals surface area contributed by atoms with Gasteiger partial charge in [0.15, 0.2) is 0 Å². The van der Waals surface area contributed by atoms with Crippen LogP contribution >= 0.6 is 0 Å². The van der Waals surface area contributed by atoms with Crippen molar-refractivity contribution in [3.8, 4) is 0 Å². The molecular weight excluding hydrogens is 230 g/mol. The molecule has 0 unspecified atom stereocenters. The van der Waals surface area contributed by atoms with Gasteiger partial charge in [0.05, 0.1) is 24.5 Å². The molecule has 0 atom stereocenters. The Morgan fingerprint density at radius 3 is 2.89 bits per heavy atom. The monoisotopic (exact) mass is 245 g/mol. The van der Waals surface area contributed by atoms with Gasteiger partial charge >= 0.3 is 5.97 Å². The van der Waals surface area contributed by atoms with E-state index in [1.54, 1.807) is 6.20 Å². The molecule has 5 nitrogen and oxygen atoms in total. The van der Waals surface area contributed by atoms with E-state index in [1.165, 1.54) is 7.11 Å². The SMILES string of the molecule is CCN(CC(=O)OC)c1cnnc2ccccc12. The van der Waals surface area contributed by atoms with Gasteiger partial charge in [-0.2, -0.15) is 10.2 Å². The Morgan fingerprint density at radius 2 is 2.17 bits per heavy atom. The Labute approximate surface area is 105 Å². The average molecular weight is 245 g/mol. The Morgan fingerprint density at radius 1 is 1.39 bits per heavy atom. The first-order chi connectivity index (χ1) is 8.76. The standard InChI is InChI=1S/C13H15N3O2/c1-3-16(9-13(17)18-2)12-8-14-15-11-7-5-4-6-10(11)12/h4-8H,3,9H2,1-2H3. The molecule has 0 radical (unpaired) electrons. The third-order valence-corrected chi connectivity index (χ3v) is 2.80. The van der Waals surface area contributed by atoms with Crippen molar-refractivity contribution in [2.45, 2.75) is 6.92 Å². The number of likely N-dealkylation sites (N-methyl/N-ethyl adjacent to an activating group) is 1. The number of nitrogens with zero attached hydrogens (tertiary/aromatic N) is 3. The molecule has 0 aliphatic carbocycles. The zero-order chi connectivity index (χ0) is 13.0. The van der Waals surface area contributed by atoms with Gasteiger partial charge in [-0.05, 0) is 13.0 Å². The first-order valence-electron chi connectivity index (χ1n) is 5.78. The predicted octanol–water partition coefficient (Wildman–Crippen LogP) is 1.63. The smallest absolute Gasteiger partial charge is 0.325 e. The van der Waals surface area contributed by atoms with Crippen LogP contribution in [0, 0.1) is 0 Å². The summed E-state index contributed by atoms with van der Waals surface area (Å²) < 4.78 is 4.70. The Hall–Kier alpha value is -2.17. The number of rotatable bonds is 4. The highest BCUT2D eigenvalue weighted by Gasteiger charge is 2.13. The van der Waals surface area contributed by atoms with Crippen LogP contribution in [0.5, 0.6) is 0 Å². The van der Waals surface area contributed by atoms with Gasteiger partial charge in [0.1, 0.15) is 6.54 Å². The molecule has 0 saturated carbocycles. The molecule has 2 aromatic rings. The van der Waals surface area contributed by atoms with Crippen LogP contribution in [-0.2, 0) is 9.53 Å². The summed E-state index contributed by atoms with van der Waals surface area (Å²) in [6, 6.07) is 7.73. The van der Waals surface area contributed by atoms with E-state index >= 15 is 0 Å². The van der Waals surface area contributed by atoms with Crippen molar-refractivity contribution < 1.29 is 9.53 Å². The van der Waals surface area contributed by atoms with E-state index < -0.39 is 0 Å². The van der Waals surface area contributed by atoms with Crippen LogP contribution in [0.1, 0.15) is 6.92 Å². The van der Waals surface area contributed by atoms with Gasteiger partial charge < -0.3 is 9.64 Å². The van der Waals surface area contributed by atoms with Crippen LogP contribution in [0.4, 0.5) is 5.69 Å². The van der Waals surface area contributed by atoms with Crippen LogP contribution in [0.25, 0.3) is 10.9 Å². The number of carbonyl (C=O) groups excluding carboxylic acids is 1. The number of benzene rings is 1. The van der Waals surface area contributed by atoms with Crippen molar-refractivity contribution in [1.29, 1.82) is 0 Å². The number of carbonyl (C=O) groups is 1. The normalized spacial score (nSPS) is 10.3. The number of hydrogen-bond acceptors (Lipinski definition) is 5. The van der Waals surface area contributed by atoms with Crippen LogP contribution < -0.4 is 4.90 Å². The van der Waals surface area contributed by atoms with E-state index in [0.717, 1.165) is 16.6 Å². The summed E-state index contributed by atoms with van der Waals surface area (Å²) in [7, 11) is 1.39. The number of hydrogen-bond donors (Lipinski definition) is 0. The number of aromatic nitrogens is 2. The molecule has 0 fully saturated rings. The van der Waals surface area contributed by atoms with Crippen molar-refractivity contribution in [1.82, 2.24) is 10.2 Å². The lowest BCUT2D eigenvalue weighted by Gasteiger charge is -2.22. The van der Waals surface area contributed by atoms with E-state index in [1.807, 2.05) is 36.1 Å². The quantitative estimate of drug-likeness (QED) is 0.766. The Balaban J connectivity index is 2.41. The van der Waals surface area contributed by atoms with E-state index in [2.05, 4.69) is 10.2 Å². The minimum atomic E-state index is -0.266. The zero-order valence-corrected chi connectivity index (χ0v) is 10.5. The average Bonchev–Trinajstić information content (AvgIpc) is 2.44. The molecule has 0 aliphatic rings. The topological polar surface area (TPSA) is 55.3 Å². The maximum atomic E-state index is 11.4. The summed E-state index contributed by atoms with van der Waals surface area (Å²) in [5.41, 5.74) is 1.71. The summed E-state index contributed by atoms with van der Waals surface area (Å²) in [6.07, 6.45) is 1.68. The molecule has 1 aromatic carbocycles. The highest BCUT2D eigenvalue weighted by Crippen LogP contribution is 2.23. The molecule has 18 heavy (non-hydrogen) atoms. The largest absolute Gasteiger partial charge is 0.468 e. The second-order valence-corrected chi connectivity index (χ2v) is 3.84. The molecule has 0 amide bonds. The maximum Gasteiger partial charge on any atom is 0.325 e. The maximum absolute atomic E-state index is 11.4. The van der Waals surface area contributed by atoms with E-state index in [4.69, 9.17) is 4.74 Å². The molecule has 0 saturated heterocycles. The summed E-state index contributed by atoms with van der Waals surface area (Å²) in [6.45, 7) is 2.89. The minimum Gasteiger partial charge on any atom is -0.468 e. The molecular formula is C13H15N3O2. The van der Waals surface area contributed by atoms with Gasteiger partial charge in [0, 0.05) is 11.9 Å². The fraction of sp³-hybridized carbons (Fsp3) is 0.308. The fourth-order valence-electron chi connectivity index (χ4n) is 1.83. The molecule has 0 spiro atoms. The van der Waals surface area contributed by atoms with Gasteiger partial charge in [0.25, 0.3) is 0 Å². The third-order valence-electron chi connectivity index (χ3n) is 2.80. The lowest BCUT2D eigenvalue weighted by atomic mass is 10.2. The Bertz CT molecular complexity index is 551. The lowest BCUT2D eigenvalue weighted by Crippen LogP contribution is -2.30. The van der Waals surface area contributed by atoms with Gasteiger partial charge in [-0.1, -0.05) is 18.2 Å². The van der Waals surface area contributed by atoms with Gasteiger partial charge in [-0.15, -0.1) is 0 Å². The summed E-state index contributed by atoms with van der Waals surface area (Å²) in [5, 5.41) is 9.02. The lowest BCUT2D eigenvalue weighted by molar-refractivity contribution is -0.138. The van der Waals surface area contributed by atoms with Gasteiger partial charge in [-0.3, -0.25) is 4.79 Å². The second-order valence-electron chi connectivity index (χ2n) is 3.84. The number of fused-ring (bicyclic) bond motifs is 1. The van der Waals surface area contributed by atoms with Crippen molar-refractivity contribution in [2.24, 2.45) is 0 Å². The van der Waals surface area contributed by atoms with Crippen molar-refractivity contribution in [3.05, 3.63) is 30.5 Å². The first kappa shape index (κ1) is 12.3. The number of ether oxygens (including phenoxy) is 1. The van der Waals surface area contributed by atoms with Crippen molar-refractivity contribution >= 4 is 22.6 Å². The molecule has 1 aromatic heterocycles. The summed E-state index contributed by atoms with van der Waals surface area (Å²) in [4.78, 5) is 13.3. The van der Waals surface area contributed by atoms with Crippen molar-refractivity contribution in [2.75, 3.05) is 25.1 Å². The summed E-state index contributed by atoms with van der Waals surface area (Å²) in [5.74, 6) is -0.266. The number of methoxy groups -OCH3 is 1. The van der Waals surface area contributed by atoms with Crippen LogP contribution in [-0.4, -0.2) is 36.4 Å². The second kappa shape index (κ2) is 5.44. The van der Waals surface area contributed by atoms with E-state index in [0.29, 0.717) is 6.54 Å². The third kappa shape index (κ3) is 2.40. The zero-order valence-electron chi connectivity index (χ0n) is 10.5. The minimum absolute atomic E-state index is 0.211. The van der Waals surface area contributed by atoms with Crippen molar-refractivity contribution in [3.63, 3.8) is 0 Å². The number of anilines is 1. The van der Waals surface area contributed by atoms with Crippen LogP contribution in [0.2, 0.25) is 0 Å². The predicted molar refractivity (Wildman–Crippen MR) is 69.4 cm³/mol. The summed E-state index contributed by atoms with van der Waals surface area (Å²) >= 11 is 0. The fourth-order valence-corrected chi connectivity index (χ4v) is 1.83. The molecule has 94 valence electrons. The molecule has 5 heteroatoms. The van der Waals surface area contributed by atoms with Gasteiger partial charge in [0.2, 0.25) is 0 Å². The van der Waals surface area contributed by atoms with E-state index in [-0.39, 0.29) is 12.5 Å². The molecule has 1 heterocycles. The van der Waals surface area contributed by atoms with Crippen LogP contribution in [0.3, 0.4) is 0 Å². The highest BCUT2D eigenvalue weighted by atomic mass is 16.5. The van der Waals surface area contributed by atoms with Gasteiger partial charge in [-0.25, -0.2) is 0 Å². The molecule has 0 N–H and O–H groups in total. The van der Waals surface area contributed by atoms with Crippen LogP contribution in [0.15, 0.2) is 30.5 Å². The Kier molecular flexibility index (Phi) is 3.72. The molecule has 0 aliphatic heterocycles.